The lowest BCUT2D eigenvalue weighted by Gasteiger charge is -2.23. The van der Waals surface area contributed by atoms with Crippen molar-refractivity contribution in [3.63, 3.8) is 0 Å². The van der Waals surface area contributed by atoms with Crippen LogP contribution in [0.2, 0.25) is 0 Å². The molecular formula is C18H23IN4O2S2. The number of hydrogen-bond acceptors (Lipinski definition) is 6. The Hall–Kier alpha value is -1.43. The van der Waals surface area contributed by atoms with Gasteiger partial charge in [-0.25, -0.2) is 9.98 Å². The summed E-state index contributed by atoms with van der Waals surface area (Å²) in [6.07, 6.45) is 1.63. The van der Waals surface area contributed by atoms with Gasteiger partial charge in [-0.1, -0.05) is 12.1 Å². The van der Waals surface area contributed by atoms with Gasteiger partial charge in [-0.05, 0) is 36.7 Å². The molecule has 0 aliphatic heterocycles. The zero-order valence-corrected chi connectivity index (χ0v) is 19.1. The van der Waals surface area contributed by atoms with Crippen LogP contribution in [0.5, 0.6) is 0 Å². The van der Waals surface area contributed by atoms with Gasteiger partial charge >= 0.3 is 0 Å². The van der Waals surface area contributed by atoms with Gasteiger partial charge in [0.25, 0.3) is 0 Å². The number of aromatic nitrogens is 1. The molecule has 9 heteroatoms. The number of hydrogen-bond donors (Lipinski definition) is 3. The lowest BCUT2D eigenvalue weighted by molar-refractivity contribution is 0.0655. The van der Waals surface area contributed by atoms with Gasteiger partial charge in [0, 0.05) is 11.4 Å². The quantitative estimate of drug-likeness (QED) is 0.250. The van der Waals surface area contributed by atoms with Crippen molar-refractivity contribution in [3.05, 3.63) is 51.9 Å². The van der Waals surface area contributed by atoms with Gasteiger partial charge in [0.15, 0.2) is 5.96 Å². The molecule has 1 atom stereocenters. The molecule has 0 saturated carbocycles. The standard InChI is InChI=1S/C18H22N4O2S2.HI/c1-3-19-17(21-12-18(2,23)15-7-5-9-26-15)20-10-13-11-24-16(22-13)14-6-4-8-25-14;/h4-9,11,23H,3,10,12H2,1-2H3,(H2,19,20,21);1H. The van der Waals surface area contributed by atoms with E-state index in [1.807, 2.05) is 41.9 Å². The molecule has 0 amide bonds. The van der Waals surface area contributed by atoms with E-state index in [9.17, 15) is 5.11 Å². The molecule has 0 aromatic carbocycles. The van der Waals surface area contributed by atoms with Crippen LogP contribution in [0.3, 0.4) is 0 Å². The topological polar surface area (TPSA) is 82.7 Å². The molecule has 3 aromatic rings. The van der Waals surface area contributed by atoms with Crippen molar-refractivity contribution in [2.75, 3.05) is 13.1 Å². The van der Waals surface area contributed by atoms with Crippen molar-refractivity contribution >= 4 is 52.6 Å². The van der Waals surface area contributed by atoms with E-state index in [4.69, 9.17) is 4.42 Å². The Morgan fingerprint density at radius 2 is 2.04 bits per heavy atom. The van der Waals surface area contributed by atoms with Crippen LogP contribution in [-0.4, -0.2) is 29.1 Å². The summed E-state index contributed by atoms with van der Waals surface area (Å²) in [6.45, 7) is 5.27. The zero-order valence-electron chi connectivity index (χ0n) is 15.1. The van der Waals surface area contributed by atoms with E-state index in [2.05, 4.69) is 20.6 Å². The third-order valence-electron chi connectivity index (χ3n) is 3.68. The van der Waals surface area contributed by atoms with Gasteiger partial charge < -0.3 is 20.2 Å². The molecule has 6 nitrogen and oxygen atoms in total. The first kappa shape index (κ1) is 21.9. The van der Waals surface area contributed by atoms with E-state index < -0.39 is 5.60 Å². The van der Waals surface area contributed by atoms with Crippen LogP contribution < -0.4 is 10.6 Å². The highest BCUT2D eigenvalue weighted by molar-refractivity contribution is 14.0. The maximum Gasteiger partial charge on any atom is 0.236 e. The van der Waals surface area contributed by atoms with E-state index >= 15 is 0 Å². The smallest absolute Gasteiger partial charge is 0.236 e. The second kappa shape index (κ2) is 10.2. The average molecular weight is 518 g/mol. The zero-order chi connectivity index (χ0) is 18.4. The van der Waals surface area contributed by atoms with Gasteiger partial charge in [-0.3, -0.25) is 0 Å². The van der Waals surface area contributed by atoms with Crippen molar-refractivity contribution in [2.24, 2.45) is 4.99 Å². The summed E-state index contributed by atoms with van der Waals surface area (Å²) < 4.78 is 5.52. The van der Waals surface area contributed by atoms with Gasteiger partial charge in [-0.15, -0.1) is 46.7 Å². The fourth-order valence-corrected chi connectivity index (χ4v) is 3.77. The minimum absolute atomic E-state index is 0. The molecule has 0 bridgehead atoms. The predicted molar refractivity (Wildman–Crippen MR) is 122 cm³/mol. The first-order chi connectivity index (χ1) is 12.6. The molecule has 0 radical (unpaired) electrons. The summed E-state index contributed by atoms with van der Waals surface area (Å²) >= 11 is 3.12. The Bertz CT molecular complexity index is 830. The summed E-state index contributed by atoms with van der Waals surface area (Å²) in [4.78, 5) is 10.9. The number of nitrogens with zero attached hydrogens (tertiary/aromatic N) is 2. The fraction of sp³-hybridized carbons (Fsp3) is 0.333. The fourth-order valence-electron chi connectivity index (χ4n) is 2.32. The van der Waals surface area contributed by atoms with E-state index in [1.165, 1.54) is 11.3 Å². The van der Waals surface area contributed by atoms with Crippen molar-refractivity contribution in [3.8, 4) is 10.8 Å². The van der Waals surface area contributed by atoms with E-state index in [-0.39, 0.29) is 24.0 Å². The minimum Gasteiger partial charge on any atom is -0.443 e. The Morgan fingerprint density at radius 3 is 2.70 bits per heavy atom. The average Bonchev–Trinajstić information content (AvgIpc) is 3.39. The van der Waals surface area contributed by atoms with Gasteiger partial charge in [-0.2, -0.15) is 0 Å². The molecule has 0 aliphatic carbocycles. The largest absolute Gasteiger partial charge is 0.443 e. The van der Waals surface area contributed by atoms with Crippen molar-refractivity contribution in [2.45, 2.75) is 26.0 Å². The molecule has 3 rings (SSSR count). The Morgan fingerprint density at radius 1 is 1.26 bits per heavy atom. The molecule has 27 heavy (non-hydrogen) atoms. The SMILES string of the molecule is CCNC(=NCc1coc(-c2cccs2)n1)NCC(C)(O)c1cccs1.I. The van der Waals surface area contributed by atoms with Gasteiger partial charge in [0.05, 0.1) is 18.0 Å². The minimum atomic E-state index is -0.954. The number of thiophene rings is 2. The monoisotopic (exact) mass is 518 g/mol. The van der Waals surface area contributed by atoms with Crippen LogP contribution in [0.4, 0.5) is 0 Å². The number of rotatable bonds is 7. The van der Waals surface area contributed by atoms with Crippen LogP contribution >= 0.6 is 46.7 Å². The molecule has 146 valence electrons. The molecule has 0 fully saturated rings. The number of aliphatic imine (C=N–C) groups is 1. The predicted octanol–water partition coefficient (Wildman–Crippen LogP) is 4.05. The molecule has 0 saturated heterocycles. The van der Waals surface area contributed by atoms with Crippen LogP contribution in [0.1, 0.15) is 24.4 Å². The summed E-state index contributed by atoms with van der Waals surface area (Å²) in [6, 6.07) is 7.80. The van der Waals surface area contributed by atoms with Crippen LogP contribution in [0.25, 0.3) is 10.8 Å². The number of nitrogens with one attached hydrogen (secondary N) is 2. The molecule has 1 unspecified atom stereocenters. The van der Waals surface area contributed by atoms with Crippen LogP contribution in [0.15, 0.2) is 50.7 Å². The number of guanidine groups is 1. The Balaban J connectivity index is 0.00000261. The molecular weight excluding hydrogens is 495 g/mol. The summed E-state index contributed by atoms with van der Waals surface area (Å²) in [5.74, 6) is 1.24. The van der Waals surface area contributed by atoms with Crippen molar-refractivity contribution in [1.29, 1.82) is 0 Å². The highest BCUT2D eigenvalue weighted by Crippen LogP contribution is 2.25. The van der Waals surface area contributed by atoms with E-state index in [0.29, 0.717) is 24.9 Å². The second-order valence-corrected chi connectivity index (χ2v) is 7.82. The van der Waals surface area contributed by atoms with E-state index in [0.717, 1.165) is 22.0 Å². The van der Waals surface area contributed by atoms with Crippen molar-refractivity contribution in [1.82, 2.24) is 15.6 Å². The summed E-state index contributed by atoms with van der Waals surface area (Å²) in [5, 5.41) is 20.9. The first-order valence-corrected chi connectivity index (χ1v) is 10.1. The molecule has 3 aromatic heterocycles. The number of halogens is 1. The number of oxazole rings is 1. The lowest BCUT2D eigenvalue weighted by atomic mass is 10.1. The Kier molecular flexibility index (Phi) is 8.27. The molecule has 0 aliphatic rings. The molecule has 0 spiro atoms. The third-order valence-corrected chi connectivity index (χ3v) is 5.66. The highest BCUT2D eigenvalue weighted by atomic mass is 127. The van der Waals surface area contributed by atoms with Gasteiger partial charge in [0.1, 0.15) is 17.6 Å². The Labute approximate surface area is 183 Å². The number of aliphatic hydroxyl groups is 1. The second-order valence-electron chi connectivity index (χ2n) is 5.92. The van der Waals surface area contributed by atoms with E-state index in [1.54, 1.807) is 24.5 Å². The maximum absolute atomic E-state index is 10.6. The van der Waals surface area contributed by atoms with Crippen molar-refractivity contribution < 1.29 is 9.52 Å². The molecule has 3 N–H and O–H groups in total. The summed E-state index contributed by atoms with van der Waals surface area (Å²) in [5.41, 5.74) is -0.194. The lowest BCUT2D eigenvalue weighted by Crippen LogP contribution is -2.44. The first-order valence-electron chi connectivity index (χ1n) is 8.35. The highest BCUT2D eigenvalue weighted by Gasteiger charge is 2.24. The summed E-state index contributed by atoms with van der Waals surface area (Å²) in [7, 11) is 0. The third kappa shape index (κ3) is 6.03. The van der Waals surface area contributed by atoms with Crippen LogP contribution in [0, 0.1) is 0 Å². The maximum atomic E-state index is 10.6. The normalized spacial score (nSPS) is 13.7. The van der Waals surface area contributed by atoms with Crippen LogP contribution in [-0.2, 0) is 12.1 Å². The molecule has 3 heterocycles. The van der Waals surface area contributed by atoms with Gasteiger partial charge in [0.2, 0.25) is 5.89 Å².